The number of rotatable bonds is 6. The van der Waals surface area contributed by atoms with Gasteiger partial charge < -0.3 is 16.4 Å². The molecule has 1 aliphatic carbocycles. The normalized spacial score (nSPS) is 21.9. The standard InChI is InChI=1S/C16H25N3O/c1-2-18-11-13-6-3-4-9-15(13)19-16(20)10-12-7-5-8-14(12)17/h3-4,6,9,12,14,18H,2,5,7-8,10-11,17H2,1H3,(H,19,20)/t12-,14+/m0/s1. The molecule has 1 aliphatic rings. The minimum atomic E-state index is 0.0799. The lowest BCUT2D eigenvalue weighted by Gasteiger charge is -2.16. The summed E-state index contributed by atoms with van der Waals surface area (Å²) in [6, 6.07) is 8.14. The largest absolute Gasteiger partial charge is 0.327 e. The minimum absolute atomic E-state index is 0.0799. The van der Waals surface area contributed by atoms with E-state index in [0.717, 1.165) is 43.6 Å². The van der Waals surface area contributed by atoms with Crippen LogP contribution in [0.15, 0.2) is 24.3 Å². The number of amides is 1. The molecule has 1 fully saturated rings. The summed E-state index contributed by atoms with van der Waals surface area (Å²) < 4.78 is 0. The molecule has 20 heavy (non-hydrogen) atoms. The van der Waals surface area contributed by atoms with Gasteiger partial charge in [-0.05, 0) is 36.9 Å². The van der Waals surface area contributed by atoms with Gasteiger partial charge in [-0.1, -0.05) is 31.5 Å². The molecule has 0 aromatic heterocycles. The highest BCUT2D eigenvalue weighted by Crippen LogP contribution is 2.27. The molecule has 0 aliphatic heterocycles. The molecule has 4 N–H and O–H groups in total. The Balaban J connectivity index is 1.93. The third-order valence-corrected chi connectivity index (χ3v) is 4.02. The van der Waals surface area contributed by atoms with E-state index in [2.05, 4.69) is 17.6 Å². The summed E-state index contributed by atoms with van der Waals surface area (Å²) in [5.74, 6) is 0.423. The molecule has 2 rings (SSSR count). The van der Waals surface area contributed by atoms with Crippen molar-refractivity contribution in [1.29, 1.82) is 0 Å². The van der Waals surface area contributed by atoms with Crippen LogP contribution in [0.1, 0.15) is 38.2 Å². The van der Waals surface area contributed by atoms with Crippen LogP contribution in [-0.2, 0) is 11.3 Å². The lowest BCUT2D eigenvalue weighted by atomic mass is 10.00. The van der Waals surface area contributed by atoms with E-state index in [9.17, 15) is 4.79 Å². The molecule has 0 bridgehead atoms. The Hall–Kier alpha value is -1.39. The van der Waals surface area contributed by atoms with E-state index in [4.69, 9.17) is 5.73 Å². The van der Waals surface area contributed by atoms with Crippen LogP contribution in [0.4, 0.5) is 5.69 Å². The van der Waals surface area contributed by atoms with E-state index < -0.39 is 0 Å². The fraction of sp³-hybridized carbons (Fsp3) is 0.562. The van der Waals surface area contributed by atoms with Gasteiger partial charge in [-0.25, -0.2) is 0 Å². The smallest absolute Gasteiger partial charge is 0.224 e. The van der Waals surface area contributed by atoms with Crippen LogP contribution in [0.25, 0.3) is 0 Å². The van der Waals surface area contributed by atoms with Crippen LogP contribution < -0.4 is 16.4 Å². The van der Waals surface area contributed by atoms with Crippen LogP contribution >= 0.6 is 0 Å². The van der Waals surface area contributed by atoms with E-state index in [0.29, 0.717) is 12.3 Å². The van der Waals surface area contributed by atoms with E-state index in [-0.39, 0.29) is 11.9 Å². The Morgan fingerprint density at radius 3 is 2.85 bits per heavy atom. The van der Waals surface area contributed by atoms with Crippen molar-refractivity contribution in [3.05, 3.63) is 29.8 Å². The maximum absolute atomic E-state index is 12.2. The maximum atomic E-state index is 12.2. The summed E-state index contributed by atoms with van der Waals surface area (Å²) in [6.07, 6.45) is 3.81. The molecular weight excluding hydrogens is 250 g/mol. The first-order valence-electron chi connectivity index (χ1n) is 7.54. The van der Waals surface area contributed by atoms with Crippen molar-refractivity contribution in [2.24, 2.45) is 11.7 Å². The summed E-state index contributed by atoms with van der Waals surface area (Å²) in [4.78, 5) is 12.2. The average Bonchev–Trinajstić information content (AvgIpc) is 2.83. The highest BCUT2D eigenvalue weighted by atomic mass is 16.1. The molecule has 0 spiro atoms. The number of para-hydroxylation sites is 1. The van der Waals surface area contributed by atoms with E-state index >= 15 is 0 Å². The third kappa shape index (κ3) is 4.05. The Morgan fingerprint density at radius 2 is 2.15 bits per heavy atom. The molecule has 0 heterocycles. The van der Waals surface area contributed by atoms with Gasteiger partial charge in [0.25, 0.3) is 0 Å². The lowest BCUT2D eigenvalue weighted by Crippen LogP contribution is -2.28. The molecule has 0 unspecified atom stereocenters. The number of hydrogen-bond acceptors (Lipinski definition) is 3. The van der Waals surface area contributed by atoms with E-state index in [1.807, 2.05) is 24.3 Å². The second kappa shape index (κ2) is 7.41. The molecule has 1 aromatic carbocycles. The number of nitrogens with two attached hydrogens (primary N) is 1. The summed E-state index contributed by atoms with van der Waals surface area (Å²) in [7, 11) is 0. The van der Waals surface area contributed by atoms with Crippen LogP contribution in [0.3, 0.4) is 0 Å². The second-order valence-corrected chi connectivity index (χ2v) is 5.54. The quantitative estimate of drug-likeness (QED) is 0.746. The minimum Gasteiger partial charge on any atom is -0.327 e. The number of carbonyl (C=O) groups excluding carboxylic acids is 1. The predicted octanol–water partition coefficient (Wildman–Crippen LogP) is 2.25. The zero-order valence-electron chi connectivity index (χ0n) is 12.2. The van der Waals surface area contributed by atoms with E-state index in [1.165, 1.54) is 0 Å². The van der Waals surface area contributed by atoms with Crippen LogP contribution in [0.2, 0.25) is 0 Å². The Kier molecular flexibility index (Phi) is 5.56. The number of benzene rings is 1. The molecule has 1 aromatic rings. The van der Waals surface area contributed by atoms with Gasteiger partial charge in [0.15, 0.2) is 0 Å². The summed E-state index contributed by atoms with van der Waals surface area (Å²) >= 11 is 0. The average molecular weight is 275 g/mol. The van der Waals surface area contributed by atoms with Crippen molar-refractivity contribution in [2.75, 3.05) is 11.9 Å². The van der Waals surface area contributed by atoms with Crippen molar-refractivity contribution in [3.8, 4) is 0 Å². The zero-order valence-corrected chi connectivity index (χ0v) is 12.2. The van der Waals surface area contributed by atoms with Gasteiger partial charge in [-0.3, -0.25) is 4.79 Å². The molecule has 0 saturated heterocycles. The predicted molar refractivity (Wildman–Crippen MR) is 82.4 cm³/mol. The van der Waals surface area contributed by atoms with Gasteiger partial charge in [-0.2, -0.15) is 0 Å². The monoisotopic (exact) mass is 275 g/mol. The van der Waals surface area contributed by atoms with Crippen molar-refractivity contribution < 1.29 is 4.79 Å². The van der Waals surface area contributed by atoms with Gasteiger partial charge in [-0.15, -0.1) is 0 Å². The van der Waals surface area contributed by atoms with Gasteiger partial charge in [0.2, 0.25) is 5.91 Å². The molecule has 110 valence electrons. The molecule has 4 nitrogen and oxygen atoms in total. The first-order chi connectivity index (χ1) is 9.70. The first kappa shape index (κ1) is 15.0. The lowest BCUT2D eigenvalue weighted by molar-refractivity contribution is -0.117. The molecule has 0 radical (unpaired) electrons. The first-order valence-corrected chi connectivity index (χ1v) is 7.54. The summed E-state index contributed by atoms with van der Waals surface area (Å²) in [5.41, 5.74) is 8.06. The summed E-state index contributed by atoms with van der Waals surface area (Å²) in [6.45, 7) is 3.76. The van der Waals surface area contributed by atoms with Gasteiger partial charge >= 0.3 is 0 Å². The Labute approximate surface area is 121 Å². The van der Waals surface area contributed by atoms with Crippen LogP contribution in [0, 0.1) is 5.92 Å². The number of anilines is 1. The number of nitrogens with one attached hydrogen (secondary N) is 2. The van der Waals surface area contributed by atoms with Gasteiger partial charge in [0.1, 0.15) is 0 Å². The Bertz CT molecular complexity index is 447. The van der Waals surface area contributed by atoms with Crippen molar-refractivity contribution >= 4 is 11.6 Å². The van der Waals surface area contributed by atoms with Crippen molar-refractivity contribution in [1.82, 2.24) is 5.32 Å². The fourth-order valence-corrected chi connectivity index (χ4v) is 2.81. The van der Waals surface area contributed by atoms with E-state index in [1.54, 1.807) is 0 Å². The zero-order chi connectivity index (χ0) is 14.4. The highest BCUT2D eigenvalue weighted by molar-refractivity contribution is 5.91. The molecule has 1 saturated carbocycles. The topological polar surface area (TPSA) is 67.1 Å². The molecule has 4 heteroatoms. The molecule has 2 atom stereocenters. The van der Waals surface area contributed by atoms with Crippen molar-refractivity contribution in [3.63, 3.8) is 0 Å². The number of carbonyl (C=O) groups is 1. The maximum Gasteiger partial charge on any atom is 0.224 e. The second-order valence-electron chi connectivity index (χ2n) is 5.54. The molecule has 1 amide bonds. The van der Waals surface area contributed by atoms with Gasteiger partial charge in [0, 0.05) is 24.7 Å². The third-order valence-electron chi connectivity index (χ3n) is 4.02. The van der Waals surface area contributed by atoms with Crippen molar-refractivity contribution in [2.45, 2.75) is 45.2 Å². The summed E-state index contributed by atoms with van der Waals surface area (Å²) in [5, 5.41) is 6.32. The van der Waals surface area contributed by atoms with Crippen LogP contribution in [0.5, 0.6) is 0 Å². The fourth-order valence-electron chi connectivity index (χ4n) is 2.81. The van der Waals surface area contributed by atoms with Crippen LogP contribution in [-0.4, -0.2) is 18.5 Å². The Morgan fingerprint density at radius 1 is 1.35 bits per heavy atom. The molecular formula is C16H25N3O. The number of hydrogen-bond donors (Lipinski definition) is 3. The highest BCUT2D eigenvalue weighted by Gasteiger charge is 2.26. The van der Waals surface area contributed by atoms with Gasteiger partial charge in [0.05, 0.1) is 0 Å². The SMILES string of the molecule is CCNCc1ccccc1NC(=O)C[C@@H]1CCC[C@H]1N.